The maximum Gasteiger partial charge on any atom is 0.338 e. The molecule has 67 heavy (non-hydrogen) atoms. The number of carbonyl (C=O) groups is 3. The third-order valence-corrected chi connectivity index (χ3v) is 11.4. The number of esters is 3. The molecule has 1 aliphatic heterocycles. The Morgan fingerprint density at radius 3 is 1.85 bits per heavy atom. The molecule has 0 bridgehead atoms. The Morgan fingerprint density at radius 2 is 1.27 bits per heavy atom. The molecule has 0 aliphatic carbocycles. The number of nitrogens with one attached hydrogen (secondary N) is 1. The Labute approximate surface area is 386 Å². The number of methoxy groups -OCH3 is 1. The van der Waals surface area contributed by atoms with Gasteiger partial charge in [-0.3, -0.25) is 5.41 Å². The fourth-order valence-electron chi connectivity index (χ4n) is 7.86. The Hall–Kier alpha value is -8.20. The number of rotatable bonds is 12. The molecule has 1 saturated heterocycles. The van der Waals surface area contributed by atoms with Crippen LogP contribution in [0, 0.1) is 11.2 Å². The summed E-state index contributed by atoms with van der Waals surface area (Å²) < 4.78 is 47.1. The number of hydrogen-bond acceptors (Lipinski definition) is 11. The van der Waals surface area contributed by atoms with Crippen LogP contribution in [-0.4, -0.2) is 64.1 Å². The van der Waals surface area contributed by atoms with Crippen LogP contribution in [0.3, 0.4) is 0 Å². The fourth-order valence-corrected chi connectivity index (χ4v) is 8.05. The lowest BCUT2D eigenvalue weighted by atomic mass is 9.99. The molecule has 334 valence electrons. The zero-order valence-electron chi connectivity index (χ0n) is 35.5. The third kappa shape index (κ3) is 9.08. The Morgan fingerprint density at radius 1 is 0.701 bits per heavy atom. The van der Waals surface area contributed by atoms with Gasteiger partial charge in [-0.05, 0) is 108 Å². The van der Waals surface area contributed by atoms with E-state index in [1.54, 1.807) is 115 Å². The van der Waals surface area contributed by atoms with Crippen molar-refractivity contribution in [1.29, 1.82) is 5.41 Å². The van der Waals surface area contributed by atoms with Crippen molar-refractivity contribution in [2.75, 3.05) is 13.7 Å². The second-order valence-corrected chi connectivity index (χ2v) is 15.7. The number of aromatic nitrogens is 3. The number of nitrogens with zero attached hydrogens (tertiary/aromatic N) is 3. The number of hydrogen-bond donors (Lipinski definition) is 1. The van der Waals surface area contributed by atoms with E-state index < -0.39 is 60.6 Å². The van der Waals surface area contributed by atoms with Gasteiger partial charge in [0.2, 0.25) is 0 Å². The number of benzene rings is 6. The smallest absolute Gasteiger partial charge is 0.338 e. The summed E-state index contributed by atoms with van der Waals surface area (Å²) in [5.74, 6) is -2.37. The molecule has 1 fully saturated rings. The highest BCUT2D eigenvalue weighted by Crippen LogP contribution is 2.38. The first-order chi connectivity index (χ1) is 32.6. The van der Waals surface area contributed by atoms with Crippen molar-refractivity contribution in [1.82, 2.24) is 14.1 Å². The molecule has 4 atom stereocenters. The highest BCUT2D eigenvalue weighted by molar-refractivity contribution is 6.30. The Balaban J connectivity index is 1.32. The first-order valence-corrected chi connectivity index (χ1v) is 21.3. The van der Waals surface area contributed by atoms with Crippen LogP contribution in [0.2, 0.25) is 5.02 Å². The molecule has 2 aromatic heterocycles. The van der Waals surface area contributed by atoms with Gasteiger partial charge in [-0.2, -0.15) is 0 Å². The average molecular weight is 917 g/mol. The molecule has 9 rings (SSSR count). The number of carbonyl (C=O) groups excluding carboxylic acids is 3. The highest BCUT2D eigenvalue weighted by Gasteiger charge is 2.52. The minimum Gasteiger partial charge on any atom is -0.497 e. The van der Waals surface area contributed by atoms with Crippen molar-refractivity contribution in [3.8, 4) is 33.8 Å². The van der Waals surface area contributed by atoms with Crippen molar-refractivity contribution in [3.63, 3.8) is 0 Å². The van der Waals surface area contributed by atoms with E-state index in [0.29, 0.717) is 22.4 Å². The van der Waals surface area contributed by atoms with Gasteiger partial charge in [0.15, 0.2) is 24.1 Å². The summed E-state index contributed by atoms with van der Waals surface area (Å²) in [6.07, 6.45) is -6.25. The molecule has 8 aromatic rings. The van der Waals surface area contributed by atoms with E-state index in [0.717, 1.165) is 9.13 Å². The van der Waals surface area contributed by atoms with Crippen LogP contribution in [0.1, 0.15) is 37.3 Å². The van der Waals surface area contributed by atoms with Crippen molar-refractivity contribution in [2.24, 2.45) is 0 Å². The van der Waals surface area contributed by atoms with E-state index in [2.05, 4.69) is 0 Å². The first-order valence-electron chi connectivity index (χ1n) is 20.9. The highest BCUT2D eigenvalue weighted by atomic mass is 35.5. The van der Waals surface area contributed by atoms with Crippen LogP contribution in [-0.2, 0) is 18.9 Å². The summed E-state index contributed by atoms with van der Waals surface area (Å²) in [6, 6.07) is 44.9. The number of pyridine rings is 1. The average Bonchev–Trinajstić information content (AvgIpc) is 3.68. The third-order valence-electron chi connectivity index (χ3n) is 11.1. The fraction of sp³-hybridized carbons (Fsp3) is 0.115. The van der Waals surface area contributed by atoms with Crippen molar-refractivity contribution in [3.05, 3.63) is 213 Å². The quantitative estimate of drug-likeness (QED) is 0.0925. The predicted octanol–water partition coefficient (Wildman–Crippen LogP) is 9.01. The molecular weight excluding hydrogens is 879 g/mol. The van der Waals surface area contributed by atoms with Gasteiger partial charge in [-0.1, -0.05) is 84.4 Å². The SMILES string of the molecule is COc1ccc(-c2cc(-c3ccc(F)cc3)nc3c2c(=N)n(-c2cccc(Cl)c2)c(=O)n3[C@@H]2O[C@H](COC(=O)c3ccccc3)[C@@H](OC(=O)c3ccccc3)[C@H]2OC(=O)c2ccccc2)cc1. The second kappa shape index (κ2) is 19.1. The van der Waals surface area contributed by atoms with Gasteiger partial charge in [-0.15, -0.1) is 0 Å². The van der Waals surface area contributed by atoms with Gasteiger partial charge >= 0.3 is 23.6 Å². The molecule has 3 heterocycles. The van der Waals surface area contributed by atoms with Gasteiger partial charge < -0.3 is 23.7 Å². The minimum absolute atomic E-state index is 0.123. The second-order valence-electron chi connectivity index (χ2n) is 15.3. The van der Waals surface area contributed by atoms with Crippen LogP contribution in [0.5, 0.6) is 5.75 Å². The number of ether oxygens (including phenoxy) is 5. The maximum atomic E-state index is 15.6. The topological polar surface area (TPSA) is 161 Å². The lowest BCUT2D eigenvalue weighted by Gasteiger charge is -2.26. The molecular formula is C52H38ClFN4O9. The van der Waals surface area contributed by atoms with Gasteiger partial charge in [0.25, 0.3) is 0 Å². The minimum atomic E-state index is -1.69. The van der Waals surface area contributed by atoms with E-state index in [4.69, 9.17) is 40.3 Å². The molecule has 1 N–H and O–H groups in total. The summed E-state index contributed by atoms with van der Waals surface area (Å²) in [5.41, 5.74) is 1.07. The van der Waals surface area contributed by atoms with Crippen molar-refractivity contribution in [2.45, 2.75) is 24.5 Å². The van der Waals surface area contributed by atoms with Crippen LogP contribution < -0.4 is 15.9 Å². The van der Waals surface area contributed by atoms with Crippen LogP contribution in [0.4, 0.5) is 4.39 Å². The molecule has 0 saturated carbocycles. The number of halogens is 2. The molecule has 0 spiro atoms. The zero-order chi connectivity index (χ0) is 46.6. The van der Waals surface area contributed by atoms with Crippen molar-refractivity contribution >= 4 is 40.5 Å². The zero-order valence-corrected chi connectivity index (χ0v) is 36.2. The van der Waals surface area contributed by atoms with E-state index in [1.807, 2.05) is 0 Å². The van der Waals surface area contributed by atoms with Gasteiger partial charge in [0.05, 0.1) is 40.6 Å². The molecule has 1 aliphatic rings. The summed E-state index contributed by atoms with van der Waals surface area (Å²) in [7, 11) is 1.53. The largest absolute Gasteiger partial charge is 0.497 e. The normalized spacial score (nSPS) is 16.6. The molecule has 6 aromatic carbocycles. The van der Waals surface area contributed by atoms with Crippen LogP contribution in [0.25, 0.3) is 39.1 Å². The summed E-state index contributed by atoms with van der Waals surface area (Å²) in [4.78, 5) is 62.3. The molecule has 0 unspecified atom stereocenters. The van der Waals surface area contributed by atoms with Crippen molar-refractivity contribution < 1.29 is 42.5 Å². The Kier molecular flexibility index (Phi) is 12.6. The van der Waals surface area contributed by atoms with E-state index in [9.17, 15) is 24.2 Å². The van der Waals surface area contributed by atoms with Gasteiger partial charge in [0, 0.05) is 10.6 Å². The van der Waals surface area contributed by atoms with E-state index in [-0.39, 0.29) is 49.6 Å². The van der Waals surface area contributed by atoms with Gasteiger partial charge in [-0.25, -0.2) is 37.7 Å². The predicted molar refractivity (Wildman–Crippen MR) is 246 cm³/mol. The molecule has 0 radical (unpaired) electrons. The molecule has 13 nitrogen and oxygen atoms in total. The summed E-state index contributed by atoms with van der Waals surface area (Å²) in [5, 5.41) is 10.2. The maximum absolute atomic E-state index is 15.6. The van der Waals surface area contributed by atoms with Crippen LogP contribution >= 0.6 is 11.6 Å². The lowest BCUT2D eigenvalue weighted by Crippen LogP contribution is -2.46. The monoisotopic (exact) mass is 916 g/mol. The standard InChI is InChI=1S/C52H38ClFN4O9/c1-63-39-26-22-31(23-27-39)40-29-41(32-20-24-37(54)25-21-32)56-47-43(40)46(55)57(38-19-11-18-36(53)28-38)52(62)58(47)48-45(67-51(61)35-16-9-4-10-17-35)44(66-50(60)34-14-7-3-8-15-34)42(65-48)30-64-49(59)33-12-5-2-6-13-33/h2-29,42,44-45,48,55H,30H2,1H3/t42-,44-,45-,48-/m1/s1. The summed E-state index contributed by atoms with van der Waals surface area (Å²) >= 11 is 6.51. The molecule has 0 amide bonds. The Bertz CT molecular complexity index is 3240. The van der Waals surface area contributed by atoms with E-state index in [1.165, 1.54) is 61.7 Å². The van der Waals surface area contributed by atoms with Crippen LogP contribution in [0.15, 0.2) is 175 Å². The molecule has 15 heteroatoms. The number of fused-ring (bicyclic) bond motifs is 1. The van der Waals surface area contributed by atoms with Gasteiger partial charge in [0.1, 0.15) is 29.8 Å². The lowest BCUT2D eigenvalue weighted by molar-refractivity contribution is -0.0625. The first kappa shape index (κ1) is 44.0. The van der Waals surface area contributed by atoms with E-state index >= 15 is 4.79 Å². The summed E-state index contributed by atoms with van der Waals surface area (Å²) in [6.45, 7) is -0.542.